The molecule has 0 fully saturated rings. The average Bonchev–Trinajstić information content (AvgIpc) is 2.49. The summed E-state index contributed by atoms with van der Waals surface area (Å²) < 4.78 is 5.15. The molecule has 1 rings (SSSR count). The van der Waals surface area contributed by atoms with E-state index in [1.54, 1.807) is 14.2 Å². The van der Waals surface area contributed by atoms with Crippen LogP contribution in [0.4, 0.5) is 4.79 Å². The van der Waals surface area contributed by atoms with Crippen LogP contribution in [0.15, 0.2) is 24.3 Å². The van der Waals surface area contributed by atoms with Gasteiger partial charge in [0.15, 0.2) is 0 Å². The lowest BCUT2D eigenvalue weighted by Gasteiger charge is -2.16. The first-order valence-corrected chi connectivity index (χ1v) is 6.86. The van der Waals surface area contributed by atoms with Crippen molar-refractivity contribution in [2.45, 2.75) is 19.3 Å². The Morgan fingerprint density at radius 1 is 1.38 bits per heavy atom. The van der Waals surface area contributed by atoms with Crippen molar-refractivity contribution in [3.63, 3.8) is 0 Å². The van der Waals surface area contributed by atoms with Gasteiger partial charge in [-0.3, -0.25) is 4.79 Å². The Bertz CT molecular complexity index is 476. The van der Waals surface area contributed by atoms with Crippen LogP contribution in [0.1, 0.15) is 18.4 Å². The van der Waals surface area contributed by atoms with E-state index in [0.29, 0.717) is 6.54 Å². The number of carbonyl (C=O) groups is 2. The number of hydrogen-bond donors (Lipinski definition) is 2. The number of nitrogens with zero attached hydrogens (tertiary/aromatic N) is 1. The van der Waals surface area contributed by atoms with E-state index in [2.05, 4.69) is 5.32 Å². The second-order valence-corrected chi connectivity index (χ2v) is 4.75. The van der Waals surface area contributed by atoms with Crippen molar-refractivity contribution in [1.29, 1.82) is 0 Å². The Kier molecular flexibility index (Phi) is 7.08. The Balaban J connectivity index is 2.23. The maximum Gasteiger partial charge on any atom is 0.317 e. The number of urea groups is 1. The number of carboxylic acid groups (broad SMARTS) is 1. The second-order valence-electron chi connectivity index (χ2n) is 4.75. The summed E-state index contributed by atoms with van der Waals surface area (Å²) in [6, 6.07) is 7.57. The summed E-state index contributed by atoms with van der Waals surface area (Å²) >= 11 is 0. The molecule has 0 spiro atoms. The normalized spacial score (nSPS) is 10.0. The molecule has 0 aliphatic rings. The molecule has 0 unspecified atom stereocenters. The number of amides is 2. The topological polar surface area (TPSA) is 78.9 Å². The number of carbonyl (C=O) groups excluding carboxylic acids is 1. The molecule has 116 valence electrons. The molecule has 2 amide bonds. The summed E-state index contributed by atoms with van der Waals surface area (Å²) in [6.45, 7) is 0.754. The summed E-state index contributed by atoms with van der Waals surface area (Å²) in [5, 5.41) is 11.3. The van der Waals surface area contributed by atoms with Gasteiger partial charge in [-0.15, -0.1) is 0 Å². The van der Waals surface area contributed by atoms with E-state index in [1.165, 1.54) is 4.90 Å². The van der Waals surface area contributed by atoms with Crippen molar-refractivity contribution in [2.24, 2.45) is 0 Å². The molecule has 0 aliphatic carbocycles. The van der Waals surface area contributed by atoms with Gasteiger partial charge in [-0.05, 0) is 30.5 Å². The van der Waals surface area contributed by atoms with E-state index >= 15 is 0 Å². The molecule has 1 aromatic rings. The highest BCUT2D eigenvalue weighted by atomic mass is 16.5. The molecule has 0 saturated carbocycles. The first kappa shape index (κ1) is 16.8. The highest BCUT2D eigenvalue weighted by Gasteiger charge is 2.09. The van der Waals surface area contributed by atoms with Gasteiger partial charge in [0.05, 0.1) is 13.5 Å². The van der Waals surface area contributed by atoms with Crippen LogP contribution in [0.2, 0.25) is 0 Å². The van der Waals surface area contributed by atoms with Crippen molar-refractivity contribution in [2.75, 3.05) is 27.2 Å². The van der Waals surface area contributed by atoms with Crippen molar-refractivity contribution in [1.82, 2.24) is 10.2 Å². The lowest BCUT2D eigenvalue weighted by atomic mass is 10.1. The molecule has 6 nitrogen and oxygen atoms in total. The summed E-state index contributed by atoms with van der Waals surface area (Å²) in [5.41, 5.74) is 1.16. The zero-order valence-corrected chi connectivity index (χ0v) is 12.5. The zero-order chi connectivity index (χ0) is 15.7. The predicted molar refractivity (Wildman–Crippen MR) is 79.6 cm³/mol. The monoisotopic (exact) mass is 294 g/mol. The van der Waals surface area contributed by atoms with E-state index in [4.69, 9.17) is 9.84 Å². The first-order chi connectivity index (χ1) is 10.0. The molecule has 6 heteroatoms. The molecule has 0 atom stereocenters. The highest BCUT2D eigenvalue weighted by molar-refractivity contribution is 5.74. The smallest absolute Gasteiger partial charge is 0.317 e. The fourth-order valence-electron chi connectivity index (χ4n) is 1.82. The third-order valence-corrected chi connectivity index (χ3v) is 3.06. The van der Waals surface area contributed by atoms with Gasteiger partial charge in [-0.1, -0.05) is 12.1 Å². The molecule has 0 saturated heterocycles. The molecule has 0 radical (unpaired) electrons. The molecular weight excluding hydrogens is 272 g/mol. The molecule has 0 aromatic heterocycles. The molecule has 21 heavy (non-hydrogen) atoms. The summed E-state index contributed by atoms with van der Waals surface area (Å²) in [5.74, 6) is -0.0855. The van der Waals surface area contributed by atoms with E-state index in [-0.39, 0.29) is 19.0 Å². The Labute approximate surface area is 124 Å². The van der Waals surface area contributed by atoms with Crippen LogP contribution in [-0.2, 0) is 11.2 Å². The van der Waals surface area contributed by atoms with Crippen LogP contribution < -0.4 is 10.1 Å². The summed E-state index contributed by atoms with van der Waals surface area (Å²) in [6.07, 6.45) is 1.61. The van der Waals surface area contributed by atoms with E-state index in [0.717, 1.165) is 24.2 Å². The Morgan fingerprint density at radius 2 is 2.14 bits per heavy atom. The summed E-state index contributed by atoms with van der Waals surface area (Å²) in [7, 11) is 3.21. The quantitative estimate of drug-likeness (QED) is 0.716. The molecule has 0 heterocycles. The second kappa shape index (κ2) is 8.84. The first-order valence-electron chi connectivity index (χ1n) is 6.86. The molecule has 2 N–H and O–H groups in total. The van der Waals surface area contributed by atoms with Crippen LogP contribution >= 0.6 is 0 Å². The number of hydrogen-bond acceptors (Lipinski definition) is 3. The van der Waals surface area contributed by atoms with E-state index in [9.17, 15) is 9.59 Å². The van der Waals surface area contributed by atoms with Gasteiger partial charge in [0.1, 0.15) is 5.75 Å². The van der Waals surface area contributed by atoms with Crippen LogP contribution in [-0.4, -0.2) is 49.3 Å². The van der Waals surface area contributed by atoms with Gasteiger partial charge in [-0.25, -0.2) is 4.79 Å². The van der Waals surface area contributed by atoms with E-state index < -0.39 is 5.97 Å². The minimum Gasteiger partial charge on any atom is -0.497 e. The fraction of sp³-hybridized carbons (Fsp3) is 0.467. The minimum absolute atomic E-state index is 0.0479. The van der Waals surface area contributed by atoms with Gasteiger partial charge in [0, 0.05) is 20.1 Å². The third-order valence-electron chi connectivity index (χ3n) is 3.06. The fourth-order valence-corrected chi connectivity index (χ4v) is 1.82. The summed E-state index contributed by atoms with van der Waals surface area (Å²) in [4.78, 5) is 23.5. The van der Waals surface area contributed by atoms with Crippen LogP contribution in [0.5, 0.6) is 5.75 Å². The maximum absolute atomic E-state index is 11.7. The number of aliphatic carboxylic acids is 1. The average molecular weight is 294 g/mol. The minimum atomic E-state index is -0.910. The number of ether oxygens (including phenoxy) is 1. The standard InChI is InChI=1S/C15H22N2O4/c1-17(10-8-14(18)19)15(20)16-9-4-6-12-5-3-7-13(11-12)21-2/h3,5,7,11H,4,6,8-10H2,1-2H3,(H,16,20)(H,18,19). The van der Waals surface area contributed by atoms with Gasteiger partial charge in [-0.2, -0.15) is 0 Å². The number of carboxylic acids is 1. The molecule has 0 bridgehead atoms. The van der Waals surface area contributed by atoms with Gasteiger partial charge >= 0.3 is 12.0 Å². The van der Waals surface area contributed by atoms with Crippen LogP contribution in [0.25, 0.3) is 0 Å². The number of nitrogens with one attached hydrogen (secondary N) is 1. The number of aryl methyl sites for hydroxylation is 1. The Morgan fingerprint density at radius 3 is 2.81 bits per heavy atom. The largest absolute Gasteiger partial charge is 0.497 e. The number of methoxy groups -OCH3 is 1. The lowest BCUT2D eigenvalue weighted by Crippen LogP contribution is -2.38. The van der Waals surface area contributed by atoms with Crippen molar-refractivity contribution >= 4 is 12.0 Å². The van der Waals surface area contributed by atoms with Gasteiger partial charge in [0.2, 0.25) is 0 Å². The third kappa shape index (κ3) is 6.65. The number of benzene rings is 1. The predicted octanol–water partition coefficient (Wildman–Crippen LogP) is 1.74. The van der Waals surface area contributed by atoms with Crippen LogP contribution in [0, 0.1) is 0 Å². The Hall–Kier alpha value is -2.24. The van der Waals surface area contributed by atoms with E-state index in [1.807, 2.05) is 24.3 Å². The van der Waals surface area contributed by atoms with Gasteiger partial charge < -0.3 is 20.1 Å². The van der Waals surface area contributed by atoms with Crippen LogP contribution in [0.3, 0.4) is 0 Å². The van der Waals surface area contributed by atoms with Crippen molar-refractivity contribution < 1.29 is 19.4 Å². The molecule has 0 aliphatic heterocycles. The highest BCUT2D eigenvalue weighted by Crippen LogP contribution is 2.13. The van der Waals surface area contributed by atoms with Gasteiger partial charge in [0.25, 0.3) is 0 Å². The van der Waals surface area contributed by atoms with Crippen molar-refractivity contribution in [3.05, 3.63) is 29.8 Å². The molecule has 1 aromatic carbocycles. The van der Waals surface area contributed by atoms with Crippen molar-refractivity contribution in [3.8, 4) is 5.75 Å². The maximum atomic E-state index is 11.7. The number of rotatable bonds is 8. The molecular formula is C15H22N2O4. The lowest BCUT2D eigenvalue weighted by molar-refractivity contribution is -0.137. The zero-order valence-electron chi connectivity index (χ0n) is 12.5. The SMILES string of the molecule is COc1cccc(CCCNC(=O)N(C)CCC(=O)O)c1.